The van der Waals surface area contributed by atoms with E-state index in [0.717, 1.165) is 17.4 Å². The van der Waals surface area contributed by atoms with E-state index >= 15 is 0 Å². The van der Waals surface area contributed by atoms with Crippen LogP contribution in [0, 0.1) is 5.92 Å². The second kappa shape index (κ2) is 4.52. The third-order valence-corrected chi connectivity index (χ3v) is 2.65. The Morgan fingerprint density at radius 2 is 2.06 bits per heavy atom. The predicted octanol–water partition coefficient (Wildman–Crippen LogP) is 4.05. The van der Waals surface area contributed by atoms with Crippen LogP contribution in [0.1, 0.15) is 37.2 Å². The summed E-state index contributed by atoms with van der Waals surface area (Å²) in [5.41, 5.74) is 0.787. The van der Waals surface area contributed by atoms with Crippen molar-refractivity contribution in [3.05, 3.63) is 36.1 Å². The highest BCUT2D eigenvalue weighted by molar-refractivity contribution is 5.97. The van der Waals surface area contributed by atoms with Crippen molar-refractivity contribution in [2.45, 2.75) is 26.7 Å². The lowest BCUT2D eigenvalue weighted by Gasteiger charge is -2.00. The van der Waals surface area contributed by atoms with Crippen LogP contribution in [0.3, 0.4) is 0 Å². The highest BCUT2D eigenvalue weighted by Crippen LogP contribution is 2.20. The molecule has 0 unspecified atom stereocenters. The number of fused-ring (bicyclic) bond motifs is 1. The van der Waals surface area contributed by atoms with Gasteiger partial charge >= 0.3 is 0 Å². The molecular formula is C14H16O2. The Balaban J connectivity index is 2.17. The maximum absolute atomic E-state index is 11.8. The van der Waals surface area contributed by atoms with E-state index in [1.807, 2.05) is 30.3 Å². The van der Waals surface area contributed by atoms with Gasteiger partial charge in [0.15, 0.2) is 11.5 Å². The maximum atomic E-state index is 11.8. The number of benzene rings is 1. The molecule has 0 bridgehead atoms. The van der Waals surface area contributed by atoms with Crippen LogP contribution in [0.25, 0.3) is 11.0 Å². The van der Waals surface area contributed by atoms with E-state index in [2.05, 4.69) is 13.8 Å². The van der Waals surface area contributed by atoms with Crippen LogP contribution in [0.15, 0.2) is 34.7 Å². The Morgan fingerprint density at radius 1 is 1.31 bits per heavy atom. The lowest BCUT2D eigenvalue weighted by molar-refractivity contribution is 0.0950. The summed E-state index contributed by atoms with van der Waals surface area (Å²) in [7, 11) is 0. The van der Waals surface area contributed by atoms with E-state index in [1.54, 1.807) is 0 Å². The summed E-state index contributed by atoms with van der Waals surface area (Å²) in [5.74, 6) is 1.14. The van der Waals surface area contributed by atoms with Crippen molar-refractivity contribution < 1.29 is 9.21 Å². The van der Waals surface area contributed by atoms with Crippen LogP contribution in [0.4, 0.5) is 0 Å². The molecule has 0 amide bonds. The molecule has 16 heavy (non-hydrogen) atoms. The van der Waals surface area contributed by atoms with E-state index in [0.29, 0.717) is 18.1 Å². The molecule has 2 nitrogen and oxygen atoms in total. The summed E-state index contributed by atoms with van der Waals surface area (Å²) in [6, 6.07) is 9.53. The van der Waals surface area contributed by atoms with E-state index in [9.17, 15) is 4.79 Å². The zero-order valence-corrected chi connectivity index (χ0v) is 9.69. The van der Waals surface area contributed by atoms with Crippen LogP contribution in [0.5, 0.6) is 0 Å². The van der Waals surface area contributed by atoms with E-state index in [-0.39, 0.29) is 5.78 Å². The molecule has 0 N–H and O–H groups in total. The monoisotopic (exact) mass is 216 g/mol. The number of ketones is 1. The first kappa shape index (κ1) is 10.9. The largest absolute Gasteiger partial charge is 0.453 e. The van der Waals surface area contributed by atoms with Gasteiger partial charge in [0.1, 0.15) is 5.58 Å². The van der Waals surface area contributed by atoms with Gasteiger partial charge in [-0.15, -0.1) is 0 Å². The number of hydrogen-bond donors (Lipinski definition) is 0. The summed E-state index contributed by atoms with van der Waals surface area (Å²) in [5, 5.41) is 0.996. The van der Waals surface area contributed by atoms with Crippen LogP contribution < -0.4 is 0 Å². The second-order valence-corrected chi connectivity index (χ2v) is 4.50. The summed E-state index contributed by atoms with van der Waals surface area (Å²) in [6.45, 7) is 4.23. The van der Waals surface area contributed by atoms with Crippen LogP contribution in [-0.2, 0) is 0 Å². The highest BCUT2D eigenvalue weighted by atomic mass is 16.3. The molecule has 0 aliphatic carbocycles. The Hall–Kier alpha value is -1.57. The highest BCUT2D eigenvalue weighted by Gasteiger charge is 2.12. The molecule has 2 aromatic rings. The fraction of sp³-hybridized carbons (Fsp3) is 0.357. The lowest BCUT2D eigenvalue weighted by atomic mass is 10.0. The Morgan fingerprint density at radius 3 is 2.75 bits per heavy atom. The molecule has 0 saturated carbocycles. The van der Waals surface area contributed by atoms with Gasteiger partial charge in [0.2, 0.25) is 0 Å². The fourth-order valence-electron chi connectivity index (χ4n) is 1.66. The van der Waals surface area contributed by atoms with Crippen molar-refractivity contribution in [1.82, 2.24) is 0 Å². The molecule has 0 saturated heterocycles. The van der Waals surface area contributed by atoms with E-state index in [4.69, 9.17) is 4.42 Å². The fourth-order valence-corrected chi connectivity index (χ4v) is 1.66. The van der Waals surface area contributed by atoms with Crippen molar-refractivity contribution in [3.8, 4) is 0 Å². The number of rotatable bonds is 4. The average Bonchev–Trinajstić information content (AvgIpc) is 2.69. The van der Waals surface area contributed by atoms with Crippen molar-refractivity contribution >= 4 is 16.8 Å². The minimum Gasteiger partial charge on any atom is -0.453 e. The first-order valence-corrected chi connectivity index (χ1v) is 5.68. The average molecular weight is 216 g/mol. The number of hydrogen-bond acceptors (Lipinski definition) is 2. The predicted molar refractivity (Wildman–Crippen MR) is 64.6 cm³/mol. The zero-order valence-electron chi connectivity index (χ0n) is 9.69. The standard InChI is InChI=1S/C14H16O2/c1-10(2)7-8-12(15)14-9-11-5-3-4-6-13(11)16-14/h3-6,9-10H,7-8H2,1-2H3. The second-order valence-electron chi connectivity index (χ2n) is 4.50. The van der Waals surface area contributed by atoms with Gasteiger partial charge in [-0.3, -0.25) is 4.79 Å². The van der Waals surface area contributed by atoms with E-state index < -0.39 is 0 Å². The molecular weight excluding hydrogens is 200 g/mol. The van der Waals surface area contributed by atoms with Gasteiger partial charge in [-0.05, 0) is 24.5 Å². The number of carbonyl (C=O) groups excluding carboxylic acids is 1. The summed E-state index contributed by atoms with van der Waals surface area (Å²) in [4.78, 5) is 11.8. The van der Waals surface area contributed by atoms with Gasteiger partial charge in [-0.1, -0.05) is 32.0 Å². The quantitative estimate of drug-likeness (QED) is 0.722. The molecule has 1 aromatic carbocycles. The molecule has 0 spiro atoms. The SMILES string of the molecule is CC(C)CCC(=O)c1cc2ccccc2o1. The van der Waals surface area contributed by atoms with Gasteiger partial charge in [0.25, 0.3) is 0 Å². The van der Waals surface area contributed by atoms with Gasteiger partial charge in [0.05, 0.1) is 0 Å². The Bertz CT molecular complexity index is 461. The van der Waals surface area contributed by atoms with Gasteiger partial charge < -0.3 is 4.42 Å². The normalized spacial score (nSPS) is 11.2. The first-order valence-electron chi connectivity index (χ1n) is 5.68. The molecule has 0 aliphatic heterocycles. The Kier molecular flexibility index (Phi) is 3.09. The molecule has 0 fully saturated rings. The number of carbonyl (C=O) groups is 1. The molecule has 2 rings (SSSR count). The van der Waals surface area contributed by atoms with Crippen molar-refractivity contribution in [3.63, 3.8) is 0 Å². The van der Waals surface area contributed by atoms with Crippen LogP contribution >= 0.6 is 0 Å². The zero-order chi connectivity index (χ0) is 11.5. The third-order valence-electron chi connectivity index (χ3n) is 2.65. The first-order chi connectivity index (χ1) is 7.66. The summed E-state index contributed by atoms with van der Waals surface area (Å²) in [6.07, 6.45) is 1.48. The minimum absolute atomic E-state index is 0.102. The minimum atomic E-state index is 0.102. The van der Waals surface area contributed by atoms with Crippen molar-refractivity contribution in [2.75, 3.05) is 0 Å². The molecule has 1 aromatic heterocycles. The molecule has 1 heterocycles. The van der Waals surface area contributed by atoms with E-state index in [1.165, 1.54) is 0 Å². The van der Waals surface area contributed by atoms with Gasteiger partial charge in [0, 0.05) is 11.8 Å². The number of furan rings is 1. The molecule has 84 valence electrons. The molecule has 0 aliphatic rings. The van der Waals surface area contributed by atoms with Gasteiger partial charge in [-0.2, -0.15) is 0 Å². The molecule has 2 heteroatoms. The summed E-state index contributed by atoms with van der Waals surface area (Å²) >= 11 is 0. The third kappa shape index (κ3) is 2.32. The van der Waals surface area contributed by atoms with Crippen LogP contribution in [0.2, 0.25) is 0 Å². The smallest absolute Gasteiger partial charge is 0.198 e. The topological polar surface area (TPSA) is 30.2 Å². The molecule has 0 atom stereocenters. The van der Waals surface area contributed by atoms with Crippen LogP contribution in [-0.4, -0.2) is 5.78 Å². The molecule has 0 radical (unpaired) electrons. The summed E-state index contributed by atoms with van der Waals surface area (Å²) < 4.78 is 5.51. The number of Topliss-reactive ketones (excluding diaryl/α,β-unsaturated/α-hetero) is 1. The maximum Gasteiger partial charge on any atom is 0.198 e. The Labute approximate surface area is 95.3 Å². The van der Waals surface area contributed by atoms with Gasteiger partial charge in [-0.25, -0.2) is 0 Å². The lowest BCUT2D eigenvalue weighted by Crippen LogP contribution is -1.99. The van der Waals surface area contributed by atoms with Crippen molar-refractivity contribution in [2.24, 2.45) is 5.92 Å². The van der Waals surface area contributed by atoms with Crippen molar-refractivity contribution in [1.29, 1.82) is 0 Å². The number of para-hydroxylation sites is 1.